The Morgan fingerprint density at radius 2 is 2.58 bits per heavy atom. The van der Waals surface area contributed by atoms with Gasteiger partial charge in [-0.05, 0) is 13.3 Å². The maximum atomic E-state index is 10.9. The van der Waals surface area contributed by atoms with Crippen LogP contribution in [0.3, 0.4) is 0 Å². The van der Waals surface area contributed by atoms with Crippen molar-refractivity contribution in [3.8, 4) is 0 Å². The second-order valence-corrected chi connectivity index (χ2v) is 3.18. The number of hydrogen-bond donors (Lipinski definition) is 2. The molecule has 1 aliphatic rings. The summed E-state index contributed by atoms with van der Waals surface area (Å²) in [5.41, 5.74) is 5.18. The number of nitrogens with one attached hydrogen (secondary N) is 1. The van der Waals surface area contributed by atoms with E-state index in [9.17, 15) is 4.79 Å². The average molecular weight is 172 g/mol. The Kier molecular flexibility index (Phi) is 3.49. The molecule has 1 saturated heterocycles. The van der Waals surface area contributed by atoms with Gasteiger partial charge in [0, 0.05) is 18.6 Å². The summed E-state index contributed by atoms with van der Waals surface area (Å²) < 4.78 is 5.21. The molecule has 70 valence electrons. The summed E-state index contributed by atoms with van der Waals surface area (Å²) in [6.45, 7) is 3.63. The molecular formula is C8H16N2O2. The average Bonchev–Trinajstić information content (AvgIpc) is 2.56. The van der Waals surface area contributed by atoms with Crippen LogP contribution in [0.2, 0.25) is 0 Å². The van der Waals surface area contributed by atoms with Crippen LogP contribution >= 0.6 is 0 Å². The summed E-state index contributed by atoms with van der Waals surface area (Å²) >= 11 is 0. The third-order valence-corrected chi connectivity index (χ3v) is 2.25. The van der Waals surface area contributed by atoms with Crippen LogP contribution in [0.1, 0.15) is 13.3 Å². The van der Waals surface area contributed by atoms with Gasteiger partial charge in [-0.25, -0.2) is 0 Å². The zero-order chi connectivity index (χ0) is 8.97. The first-order chi connectivity index (χ1) is 5.74. The van der Waals surface area contributed by atoms with Crippen LogP contribution in [0, 0.1) is 5.92 Å². The zero-order valence-corrected chi connectivity index (χ0v) is 7.38. The zero-order valence-electron chi connectivity index (χ0n) is 7.38. The Hall–Kier alpha value is -0.610. The molecule has 1 fully saturated rings. The summed E-state index contributed by atoms with van der Waals surface area (Å²) in [5.74, 6) is 0.370. The summed E-state index contributed by atoms with van der Waals surface area (Å²) in [6.07, 6.45) is 1.03. The Bertz CT molecular complexity index is 155. The maximum absolute atomic E-state index is 10.9. The van der Waals surface area contributed by atoms with Gasteiger partial charge in [-0.15, -0.1) is 0 Å². The third kappa shape index (κ3) is 2.46. The molecule has 0 aromatic carbocycles. The van der Waals surface area contributed by atoms with E-state index in [0.29, 0.717) is 5.92 Å². The van der Waals surface area contributed by atoms with Crippen molar-refractivity contribution in [3.63, 3.8) is 0 Å². The molecule has 2 unspecified atom stereocenters. The smallest absolute Gasteiger partial charge is 0.233 e. The number of nitrogens with two attached hydrogens (primary N) is 1. The van der Waals surface area contributed by atoms with Gasteiger partial charge in [0.2, 0.25) is 5.91 Å². The summed E-state index contributed by atoms with van der Waals surface area (Å²) in [6, 6.07) is 0.184. The van der Waals surface area contributed by atoms with Crippen molar-refractivity contribution in [1.29, 1.82) is 0 Å². The molecule has 0 bridgehead atoms. The molecule has 1 amide bonds. The molecule has 0 aliphatic carbocycles. The number of rotatable bonds is 3. The summed E-state index contributed by atoms with van der Waals surface area (Å²) in [4.78, 5) is 10.9. The van der Waals surface area contributed by atoms with E-state index in [1.807, 2.05) is 6.92 Å². The number of hydrogen-bond acceptors (Lipinski definition) is 3. The van der Waals surface area contributed by atoms with Crippen molar-refractivity contribution in [2.24, 2.45) is 11.7 Å². The highest BCUT2D eigenvalue weighted by Crippen LogP contribution is 2.15. The van der Waals surface area contributed by atoms with E-state index in [1.54, 1.807) is 0 Å². The van der Waals surface area contributed by atoms with Gasteiger partial charge in [0.25, 0.3) is 0 Å². The van der Waals surface area contributed by atoms with Crippen LogP contribution in [0.25, 0.3) is 0 Å². The molecule has 2 atom stereocenters. The lowest BCUT2D eigenvalue weighted by molar-refractivity contribution is -0.120. The molecule has 1 rings (SSSR count). The third-order valence-electron chi connectivity index (χ3n) is 2.25. The molecule has 0 spiro atoms. The lowest BCUT2D eigenvalue weighted by Crippen LogP contribution is -2.41. The van der Waals surface area contributed by atoms with Crippen molar-refractivity contribution in [2.75, 3.05) is 19.8 Å². The van der Waals surface area contributed by atoms with Gasteiger partial charge in [-0.2, -0.15) is 0 Å². The van der Waals surface area contributed by atoms with E-state index in [-0.39, 0.29) is 18.5 Å². The fraction of sp³-hybridized carbons (Fsp3) is 0.875. The van der Waals surface area contributed by atoms with Gasteiger partial charge in [0.15, 0.2) is 0 Å². The Balaban J connectivity index is 2.26. The summed E-state index contributed by atoms with van der Waals surface area (Å²) in [7, 11) is 0. The second-order valence-electron chi connectivity index (χ2n) is 3.18. The fourth-order valence-electron chi connectivity index (χ4n) is 1.38. The molecule has 0 radical (unpaired) electrons. The molecule has 0 aromatic rings. The standard InChI is InChI=1S/C8H16N2O2/c1-6(10-8(11)4-9)7-2-3-12-5-7/h6-7H,2-5,9H2,1H3,(H,10,11). The van der Waals surface area contributed by atoms with Gasteiger partial charge in [0.05, 0.1) is 13.2 Å². The second kappa shape index (κ2) is 4.42. The first-order valence-electron chi connectivity index (χ1n) is 4.31. The lowest BCUT2D eigenvalue weighted by Gasteiger charge is -2.18. The highest BCUT2D eigenvalue weighted by atomic mass is 16.5. The summed E-state index contributed by atoms with van der Waals surface area (Å²) in [5, 5.41) is 2.83. The topological polar surface area (TPSA) is 64.4 Å². The number of carbonyl (C=O) groups excluding carboxylic acids is 1. The number of amides is 1. The minimum Gasteiger partial charge on any atom is -0.381 e. The molecule has 1 aliphatic heterocycles. The quantitative estimate of drug-likeness (QED) is 0.602. The maximum Gasteiger partial charge on any atom is 0.233 e. The van der Waals surface area contributed by atoms with E-state index in [2.05, 4.69) is 5.32 Å². The van der Waals surface area contributed by atoms with Gasteiger partial charge < -0.3 is 15.8 Å². The van der Waals surface area contributed by atoms with Crippen LogP contribution in [-0.2, 0) is 9.53 Å². The van der Waals surface area contributed by atoms with Crippen molar-refractivity contribution in [2.45, 2.75) is 19.4 Å². The van der Waals surface area contributed by atoms with Crippen LogP contribution in [0.5, 0.6) is 0 Å². The molecule has 4 heteroatoms. The predicted octanol–water partition coefficient (Wildman–Crippen LogP) is -0.514. The fourth-order valence-corrected chi connectivity index (χ4v) is 1.38. The van der Waals surface area contributed by atoms with Gasteiger partial charge in [-0.1, -0.05) is 0 Å². The van der Waals surface area contributed by atoms with E-state index >= 15 is 0 Å². The van der Waals surface area contributed by atoms with Crippen molar-refractivity contribution >= 4 is 5.91 Å². The number of ether oxygens (including phenoxy) is 1. The molecule has 3 N–H and O–H groups in total. The normalized spacial score (nSPS) is 25.3. The van der Waals surface area contributed by atoms with Crippen LogP contribution in [0.4, 0.5) is 0 Å². The molecule has 0 saturated carbocycles. The molecule has 4 nitrogen and oxygen atoms in total. The van der Waals surface area contributed by atoms with E-state index < -0.39 is 0 Å². The van der Waals surface area contributed by atoms with Gasteiger partial charge in [-0.3, -0.25) is 4.79 Å². The van der Waals surface area contributed by atoms with E-state index in [4.69, 9.17) is 10.5 Å². The molecule has 12 heavy (non-hydrogen) atoms. The SMILES string of the molecule is CC(NC(=O)CN)C1CCOC1. The molecule has 1 heterocycles. The minimum atomic E-state index is -0.0885. The minimum absolute atomic E-state index is 0.0674. The van der Waals surface area contributed by atoms with Gasteiger partial charge >= 0.3 is 0 Å². The van der Waals surface area contributed by atoms with Crippen LogP contribution < -0.4 is 11.1 Å². The van der Waals surface area contributed by atoms with E-state index in [1.165, 1.54) is 0 Å². The highest BCUT2D eigenvalue weighted by Gasteiger charge is 2.22. The monoisotopic (exact) mass is 172 g/mol. The predicted molar refractivity (Wildman–Crippen MR) is 45.6 cm³/mol. The Morgan fingerprint density at radius 3 is 3.08 bits per heavy atom. The number of carbonyl (C=O) groups is 1. The highest BCUT2D eigenvalue weighted by molar-refractivity contribution is 5.78. The van der Waals surface area contributed by atoms with E-state index in [0.717, 1.165) is 19.6 Å². The first-order valence-corrected chi connectivity index (χ1v) is 4.31. The first kappa shape index (κ1) is 9.48. The van der Waals surface area contributed by atoms with Gasteiger partial charge in [0.1, 0.15) is 0 Å². The van der Waals surface area contributed by atoms with Crippen molar-refractivity contribution in [3.05, 3.63) is 0 Å². The molecule has 0 aromatic heterocycles. The van der Waals surface area contributed by atoms with Crippen molar-refractivity contribution < 1.29 is 9.53 Å². The van der Waals surface area contributed by atoms with Crippen LogP contribution in [-0.4, -0.2) is 31.7 Å². The molecular weight excluding hydrogens is 156 g/mol. The van der Waals surface area contributed by atoms with Crippen molar-refractivity contribution in [1.82, 2.24) is 5.32 Å². The van der Waals surface area contributed by atoms with Crippen LogP contribution in [0.15, 0.2) is 0 Å². The Labute approximate surface area is 72.5 Å². The largest absolute Gasteiger partial charge is 0.381 e. The Morgan fingerprint density at radius 1 is 1.83 bits per heavy atom. The lowest BCUT2D eigenvalue weighted by atomic mass is 10.0.